The fourth-order valence-corrected chi connectivity index (χ4v) is 0.866. The van der Waals surface area contributed by atoms with E-state index in [-0.39, 0.29) is 13.2 Å². The van der Waals surface area contributed by atoms with E-state index in [1.165, 1.54) is 10.6 Å². The first-order valence-corrected chi connectivity index (χ1v) is 5.88. The zero-order valence-electron chi connectivity index (χ0n) is 8.26. The van der Waals surface area contributed by atoms with Gasteiger partial charge in [-0.25, -0.2) is 0 Å². The number of hydrogen-bond acceptors (Lipinski definition) is 2. The summed E-state index contributed by atoms with van der Waals surface area (Å²) in [5.41, 5.74) is 0. The molecule has 0 aromatic carbocycles. The van der Waals surface area contributed by atoms with Crippen molar-refractivity contribution in [3.8, 4) is 0 Å². The molecule has 0 saturated carbocycles. The van der Waals surface area contributed by atoms with Gasteiger partial charge in [-0.3, -0.25) is 0 Å². The summed E-state index contributed by atoms with van der Waals surface area (Å²) in [6, 6.07) is 0. The van der Waals surface area contributed by atoms with Gasteiger partial charge in [0.25, 0.3) is 0 Å². The molecule has 0 aromatic heterocycles. The summed E-state index contributed by atoms with van der Waals surface area (Å²) in [4.78, 5) is 0. The van der Waals surface area contributed by atoms with Gasteiger partial charge in [0.05, 0.1) is 0 Å². The van der Waals surface area contributed by atoms with Gasteiger partial charge in [0.15, 0.2) is 0 Å². The van der Waals surface area contributed by atoms with E-state index < -0.39 is 0 Å². The van der Waals surface area contributed by atoms with Crippen molar-refractivity contribution in [1.82, 2.24) is 0 Å². The zero-order chi connectivity index (χ0) is 9.54. The average Bonchev–Trinajstić information content (AvgIpc) is 1.92. The Morgan fingerprint density at radius 1 is 1.09 bits per heavy atom. The van der Waals surface area contributed by atoms with Crippen LogP contribution in [-0.2, 0) is 0 Å². The van der Waals surface area contributed by atoms with Gasteiger partial charge in [0, 0.05) is 6.61 Å². The molecular weight excluding hydrogens is 155 g/mol. The number of aliphatic hydroxyl groups is 1. The summed E-state index contributed by atoms with van der Waals surface area (Å²) >= 11 is 0.815. The van der Waals surface area contributed by atoms with E-state index >= 15 is 0 Å². The summed E-state index contributed by atoms with van der Waals surface area (Å²) < 4.78 is 0. The Bertz CT molecular complexity index is 31.3. The molecule has 2 nitrogen and oxygen atoms in total. The minimum absolute atomic E-state index is 0. The summed E-state index contributed by atoms with van der Waals surface area (Å²) in [5.74, 6) is 0. The van der Waals surface area contributed by atoms with Crippen molar-refractivity contribution >= 4 is 15.2 Å². The van der Waals surface area contributed by atoms with Gasteiger partial charge < -0.3 is 10.2 Å². The van der Waals surface area contributed by atoms with Crippen LogP contribution in [0.15, 0.2) is 0 Å². The van der Waals surface area contributed by atoms with E-state index in [0.717, 1.165) is 15.2 Å². The minimum atomic E-state index is 0. The predicted octanol–water partition coefficient (Wildman–Crippen LogP) is 0.932. The topological polar surface area (TPSA) is 43.3 Å². The Morgan fingerprint density at radius 2 is 1.27 bits per heavy atom. The van der Waals surface area contributed by atoms with E-state index in [0.29, 0.717) is 0 Å². The number of aliphatic hydroxyl groups excluding tert-OH is 1. The van der Waals surface area contributed by atoms with Crippen LogP contribution in [0.25, 0.3) is 0 Å². The third kappa shape index (κ3) is 124. The van der Waals surface area contributed by atoms with E-state index in [9.17, 15) is 0 Å². The summed E-state index contributed by atoms with van der Waals surface area (Å²) in [7, 11) is 0. The second kappa shape index (κ2) is 31.4. The Kier molecular flexibility index (Phi) is 50.0. The third-order valence-electron chi connectivity index (χ3n) is 0.577. The van der Waals surface area contributed by atoms with Crippen molar-refractivity contribution in [3.05, 3.63) is 0 Å². The second-order valence-electron chi connectivity index (χ2n) is 1.71. The molecule has 0 rings (SSSR count). The van der Waals surface area contributed by atoms with Crippen LogP contribution < -0.4 is 5.11 Å². The van der Waals surface area contributed by atoms with Gasteiger partial charge >= 0.3 is 39.6 Å². The van der Waals surface area contributed by atoms with E-state index in [1.54, 1.807) is 13.8 Å². The van der Waals surface area contributed by atoms with Crippen LogP contribution in [0.5, 0.6) is 0 Å². The van der Waals surface area contributed by atoms with Crippen molar-refractivity contribution in [1.29, 1.82) is 0 Å². The van der Waals surface area contributed by atoms with Crippen LogP contribution in [0.4, 0.5) is 0 Å². The number of rotatable bonds is 2. The quantitative estimate of drug-likeness (QED) is 0.636. The van der Waals surface area contributed by atoms with E-state index in [1.807, 2.05) is 0 Å². The van der Waals surface area contributed by atoms with Crippen LogP contribution >= 0.6 is 0 Å². The molecule has 3 heteroatoms. The van der Waals surface area contributed by atoms with Crippen LogP contribution in [0, 0.1) is 0 Å². The van der Waals surface area contributed by atoms with Crippen molar-refractivity contribution in [2.45, 2.75) is 38.3 Å². The Morgan fingerprint density at radius 3 is 1.27 bits per heavy atom. The molecule has 0 bridgehead atoms. The Balaban J connectivity index is -0.0000000933. The van der Waals surface area contributed by atoms with Gasteiger partial charge in [-0.15, -0.1) is 6.61 Å². The standard InChI is InChI=1S/C2H6O.C2H5O.2C2H5.Al/c2*1-2-3;2*1-2;/h3H,2H2,1H3;2H2,1H3;2*1H2,2H3;/q;-1;;;+1. The van der Waals surface area contributed by atoms with Crippen molar-refractivity contribution in [3.63, 3.8) is 0 Å². The zero-order valence-corrected chi connectivity index (χ0v) is 9.42. The third-order valence-corrected chi connectivity index (χ3v) is 1.73. The first kappa shape index (κ1) is 17.5. The molecule has 0 radical (unpaired) electrons. The molecule has 0 atom stereocenters. The molecule has 0 aliphatic rings. The number of hydrogen-bond donors (Lipinski definition) is 1. The van der Waals surface area contributed by atoms with Gasteiger partial charge in [0.1, 0.15) is 0 Å². The monoisotopic (exact) mass is 176 g/mol. The molecule has 0 amide bonds. The fraction of sp³-hybridized carbons (Fsp3) is 1.00. The van der Waals surface area contributed by atoms with Crippen molar-refractivity contribution < 1.29 is 10.2 Å². The molecule has 1 N–H and O–H groups in total. The van der Waals surface area contributed by atoms with Gasteiger partial charge in [-0.05, 0) is 6.92 Å². The van der Waals surface area contributed by atoms with Gasteiger partial charge in [-0.1, -0.05) is 6.92 Å². The first-order chi connectivity index (χ1) is 5.24. The summed E-state index contributed by atoms with van der Waals surface area (Å²) in [6.07, 6.45) is 0. The van der Waals surface area contributed by atoms with Gasteiger partial charge in [-0.2, -0.15) is 0 Å². The molecule has 0 aromatic rings. The summed E-state index contributed by atoms with van der Waals surface area (Å²) in [5, 5.41) is 19.4. The SMILES string of the molecule is CCO.CC[O-].C[CH2][Al+][CH2]C. The molecule has 0 saturated heterocycles. The average molecular weight is 176 g/mol. The molecule has 0 unspecified atom stereocenters. The second-order valence-corrected chi connectivity index (χ2v) is 3.92. The summed E-state index contributed by atoms with van der Waals surface area (Å²) in [6.45, 7) is 8.00. The Hall–Kier alpha value is 0.452. The molecule has 68 valence electrons. The molecule has 0 fully saturated rings. The van der Waals surface area contributed by atoms with E-state index in [2.05, 4.69) is 13.8 Å². The van der Waals surface area contributed by atoms with Gasteiger partial charge in [0.2, 0.25) is 0 Å². The van der Waals surface area contributed by atoms with Crippen molar-refractivity contribution in [2.75, 3.05) is 13.2 Å². The molecule has 0 spiro atoms. The molecule has 0 aliphatic carbocycles. The van der Waals surface area contributed by atoms with Crippen LogP contribution in [0.1, 0.15) is 27.7 Å². The maximum atomic E-state index is 8.93. The maximum absolute atomic E-state index is 8.93. The molecule has 0 aliphatic heterocycles. The normalized spacial score (nSPS) is 6.36. The molecule has 11 heavy (non-hydrogen) atoms. The van der Waals surface area contributed by atoms with Crippen LogP contribution in [0.2, 0.25) is 10.6 Å². The van der Waals surface area contributed by atoms with E-state index in [4.69, 9.17) is 10.2 Å². The van der Waals surface area contributed by atoms with Crippen LogP contribution in [0.3, 0.4) is 0 Å². The first-order valence-electron chi connectivity index (χ1n) is 4.25. The fourth-order valence-electron chi connectivity index (χ4n) is 0.289. The molecular formula is C8H21AlO2. The molecule has 0 heterocycles. The predicted molar refractivity (Wildman–Crippen MR) is 50.0 cm³/mol. The Labute approximate surface area is 77.3 Å². The van der Waals surface area contributed by atoms with Crippen molar-refractivity contribution in [2.24, 2.45) is 0 Å². The van der Waals surface area contributed by atoms with Crippen LogP contribution in [-0.4, -0.2) is 33.5 Å².